The van der Waals surface area contributed by atoms with Gasteiger partial charge in [-0.1, -0.05) is 53.5 Å². The first-order valence-corrected chi connectivity index (χ1v) is 10.9. The fourth-order valence-corrected chi connectivity index (χ4v) is 4.60. The molecule has 1 saturated heterocycles. The Labute approximate surface area is 195 Å². The van der Waals surface area contributed by atoms with Crippen molar-refractivity contribution in [2.75, 3.05) is 4.90 Å². The van der Waals surface area contributed by atoms with Crippen LogP contribution in [0, 0.1) is 0 Å². The van der Waals surface area contributed by atoms with Crippen LogP contribution in [0.4, 0.5) is 5.69 Å². The van der Waals surface area contributed by atoms with Crippen molar-refractivity contribution in [1.82, 2.24) is 10.3 Å². The zero-order valence-corrected chi connectivity index (χ0v) is 18.5. The number of thiocarbonyl (C=S) groups is 1. The summed E-state index contributed by atoms with van der Waals surface area (Å²) in [7, 11) is 0. The first-order chi connectivity index (χ1) is 15.1. The van der Waals surface area contributed by atoms with Crippen LogP contribution in [0.2, 0.25) is 10.0 Å². The number of anilines is 1. The summed E-state index contributed by atoms with van der Waals surface area (Å²) >= 11 is 18.4. The molecule has 0 amide bonds. The Morgan fingerprint density at radius 1 is 0.903 bits per heavy atom. The lowest BCUT2D eigenvalue weighted by atomic mass is 10.0. The summed E-state index contributed by atoms with van der Waals surface area (Å²) in [4.78, 5) is 6.63. The number of nitrogens with zero attached hydrogens (tertiary/aromatic N) is 2. The van der Waals surface area contributed by atoms with Gasteiger partial charge in [0.05, 0.1) is 21.8 Å². The average molecular weight is 466 g/mol. The highest BCUT2D eigenvalue weighted by Crippen LogP contribution is 2.43. The van der Waals surface area contributed by atoms with Crippen molar-refractivity contribution in [1.29, 1.82) is 0 Å². The first kappa shape index (κ1) is 20.1. The van der Waals surface area contributed by atoms with Crippen molar-refractivity contribution >= 4 is 46.2 Å². The SMILES string of the molecule is S=C1N[C@@H](c2ccccn2)[C@H](c2ccc(-c3cccc(Cl)c3Cl)o2)N1c1ccccc1. The Balaban J connectivity index is 1.61. The number of para-hydroxylation sites is 1. The lowest BCUT2D eigenvalue weighted by Gasteiger charge is -2.26. The molecule has 1 aliphatic rings. The maximum absolute atomic E-state index is 6.42. The van der Waals surface area contributed by atoms with Gasteiger partial charge in [0.2, 0.25) is 0 Å². The van der Waals surface area contributed by atoms with Gasteiger partial charge in [0, 0.05) is 17.4 Å². The summed E-state index contributed by atoms with van der Waals surface area (Å²) in [5, 5.41) is 4.99. The van der Waals surface area contributed by atoms with E-state index in [0.717, 1.165) is 22.7 Å². The quantitative estimate of drug-likeness (QED) is 0.334. The summed E-state index contributed by atoms with van der Waals surface area (Å²) in [6.07, 6.45) is 1.78. The first-order valence-electron chi connectivity index (χ1n) is 9.73. The molecule has 4 nitrogen and oxygen atoms in total. The van der Waals surface area contributed by atoms with Crippen LogP contribution in [0.25, 0.3) is 11.3 Å². The second-order valence-corrected chi connectivity index (χ2v) is 8.31. The van der Waals surface area contributed by atoms with Crippen LogP contribution in [0.3, 0.4) is 0 Å². The number of aromatic nitrogens is 1. The van der Waals surface area contributed by atoms with Gasteiger partial charge in [0.1, 0.15) is 17.6 Å². The second kappa shape index (κ2) is 8.35. The lowest BCUT2D eigenvalue weighted by Crippen LogP contribution is -2.29. The monoisotopic (exact) mass is 465 g/mol. The molecule has 4 aromatic rings. The summed E-state index contributed by atoms with van der Waals surface area (Å²) < 4.78 is 6.33. The number of rotatable bonds is 4. The number of pyridine rings is 1. The zero-order chi connectivity index (χ0) is 21.4. The van der Waals surface area contributed by atoms with E-state index in [1.54, 1.807) is 12.3 Å². The number of hydrogen-bond donors (Lipinski definition) is 1. The van der Waals surface area contributed by atoms with E-state index in [1.165, 1.54) is 0 Å². The van der Waals surface area contributed by atoms with Gasteiger partial charge in [-0.3, -0.25) is 4.98 Å². The summed E-state index contributed by atoms with van der Waals surface area (Å²) in [6.45, 7) is 0. The molecule has 1 fully saturated rings. The third-order valence-corrected chi connectivity index (χ3v) is 6.40. The highest BCUT2D eigenvalue weighted by Gasteiger charge is 2.42. The topological polar surface area (TPSA) is 41.3 Å². The number of furan rings is 1. The van der Waals surface area contributed by atoms with E-state index in [0.29, 0.717) is 20.9 Å². The lowest BCUT2D eigenvalue weighted by molar-refractivity contribution is 0.439. The number of benzene rings is 2. The van der Waals surface area contributed by atoms with Crippen LogP contribution >= 0.6 is 35.4 Å². The number of halogens is 2. The van der Waals surface area contributed by atoms with Crippen molar-refractivity contribution in [3.63, 3.8) is 0 Å². The second-order valence-electron chi connectivity index (χ2n) is 7.14. The normalized spacial score (nSPS) is 18.3. The third kappa shape index (κ3) is 3.69. The molecule has 5 rings (SSSR count). The minimum Gasteiger partial charge on any atom is -0.459 e. The maximum Gasteiger partial charge on any atom is 0.174 e. The molecule has 0 radical (unpaired) electrons. The van der Waals surface area contributed by atoms with Crippen molar-refractivity contribution < 1.29 is 4.42 Å². The van der Waals surface area contributed by atoms with Crippen molar-refractivity contribution in [2.45, 2.75) is 12.1 Å². The van der Waals surface area contributed by atoms with Crippen molar-refractivity contribution in [2.24, 2.45) is 0 Å². The van der Waals surface area contributed by atoms with Crippen LogP contribution < -0.4 is 10.2 Å². The van der Waals surface area contributed by atoms with E-state index in [1.807, 2.05) is 72.8 Å². The molecule has 1 aliphatic heterocycles. The van der Waals surface area contributed by atoms with Crippen LogP contribution in [0.15, 0.2) is 89.5 Å². The van der Waals surface area contributed by atoms with Crippen LogP contribution in [0.1, 0.15) is 23.5 Å². The van der Waals surface area contributed by atoms with E-state index in [9.17, 15) is 0 Å². The van der Waals surface area contributed by atoms with Crippen LogP contribution in [0.5, 0.6) is 0 Å². The Hall–Kier alpha value is -2.86. The van der Waals surface area contributed by atoms with Gasteiger partial charge in [-0.2, -0.15) is 0 Å². The van der Waals surface area contributed by atoms with Crippen molar-refractivity contribution in [3.8, 4) is 11.3 Å². The molecule has 31 heavy (non-hydrogen) atoms. The predicted molar refractivity (Wildman–Crippen MR) is 129 cm³/mol. The van der Waals surface area contributed by atoms with Gasteiger partial charge in [-0.15, -0.1) is 0 Å². The van der Waals surface area contributed by atoms with Gasteiger partial charge < -0.3 is 14.6 Å². The Bertz CT molecular complexity index is 1230. The highest BCUT2D eigenvalue weighted by atomic mass is 35.5. The van der Waals surface area contributed by atoms with Crippen LogP contribution in [-0.4, -0.2) is 10.1 Å². The largest absolute Gasteiger partial charge is 0.459 e. The highest BCUT2D eigenvalue weighted by molar-refractivity contribution is 7.80. The molecule has 2 aromatic carbocycles. The van der Waals surface area contributed by atoms with E-state index in [4.69, 9.17) is 39.8 Å². The predicted octanol–water partition coefficient (Wildman–Crippen LogP) is 6.83. The molecule has 1 N–H and O–H groups in total. The molecule has 7 heteroatoms. The summed E-state index contributed by atoms with van der Waals surface area (Å²) in [5.41, 5.74) is 2.60. The Kier molecular flexibility index (Phi) is 5.40. The molecular weight excluding hydrogens is 449 g/mol. The number of hydrogen-bond acceptors (Lipinski definition) is 3. The molecular formula is C24H17Cl2N3OS. The minimum absolute atomic E-state index is 0.178. The van der Waals surface area contributed by atoms with Crippen molar-refractivity contribution in [3.05, 3.63) is 107 Å². The Morgan fingerprint density at radius 2 is 1.71 bits per heavy atom. The van der Waals surface area contributed by atoms with Gasteiger partial charge in [0.15, 0.2) is 5.11 Å². The minimum atomic E-state index is -0.225. The number of nitrogens with one attached hydrogen (secondary N) is 1. The molecule has 0 aliphatic carbocycles. The molecule has 3 heterocycles. The van der Waals surface area contributed by atoms with E-state index in [-0.39, 0.29) is 12.1 Å². The molecule has 0 saturated carbocycles. The molecule has 0 spiro atoms. The van der Waals surface area contributed by atoms with Gasteiger partial charge in [-0.05, 0) is 60.7 Å². The average Bonchev–Trinajstić information content (AvgIpc) is 3.41. The van der Waals surface area contributed by atoms with Gasteiger partial charge in [-0.25, -0.2) is 0 Å². The fraction of sp³-hybridized carbons (Fsp3) is 0.0833. The molecule has 2 aromatic heterocycles. The molecule has 2 atom stereocenters. The van der Waals surface area contributed by atoms with Gasteiger partial charge in [0.25, 0.3) is 0 Å². The summed E-state index contributed by atoms with van der Waals surface area (Å²) in [5.74, 6) is 1.39. The molecule has 0 unspecified atom stereocenters. The molecule has 154 valence electrons. The van der Waals surface area contributed by atoms with Gasteiger partial charge >= 0.3 is 0 Å². The maximum atomic E-state index is 6.42. The van der Waals surface area contributed by atoms with E-state index < -0.39 is 0 Å². The van der Waals surface area contributed by atoms with E-state index >= 15 is 0 Å². The Morgan fingerprint density at radius 3 is 2.48 bits per heavy atom. The standard InChI is InChI=1S/C24H17Cl2N3OS/c25-17-10-6-9-16(21(17)26)19-12-13-20(30-19)23-22(18-11-4-5-14-27-18)28-24(31)29(23)15-7-2-1-3-8-15/h1-14,22-23H,(H,28,31)/t22-,23-/m0/s1. The fourth-order valence-electron chi connectivity index (χ4n) is 3.86. The summed E-state index contributed by atoms with van der Waals surface area (Å²) in [6, 6.07) is 24.8. The molecule has 0 bridgehead atoms. The van der Waals surface area contributed by atoms with Crippen LogP contribution in [-0.2, 0) is 0 Å². The van der Waals surface area contributed by atoms with E-state index in [2.05, 4.69) is 15.2 Å². The third-order valence-electron chi connectivity index (χ3n) is 5.27. The zero-order valence-electron chi connectivity index (χ0n) is 16.2. The smallest absolute Gasteiger partial charge is 0.174 e.